The molecule has 0 heterocycles. The number of nitrogens with one attached hydrogen (secondary N) is 2. The molecular formula is C14H22N2O4S. The molecule has 0 saturated heterocycles. The fourth-order valence-corrected chi connectivity index (χ4v) is 2.21. The summed E-state index contributed by atoms with van der Waals surface area (Å²) in [6.07, 6.45) is 1.30. The van der Waals surface area contributed by atoms with E-state index in [4.69, 9.17) is 4.74 Å². The van der Waals surface area contributed by atoms with E-state index in [0.29, 0.717) is 0 Å². The Morgan fingerprint density at radius 3 is 2.57 bits per heavy atom. The van der Waals surface area contributed by atoms with Crippen LogP contribution in [0.3, 0.4) is 0 Å². The van der Waals surface area contributed by atoms with E-state index < -0.39 is 10.0 Å². The summed E-state index contributed by atoms with van der Waals surface area (Å²) in [7, 11) is -3.21. The van der Waals surface area contributed by atoms with Gasteiger partial charge in [0.15, 0.2) is 0 Å². The number of sulfonamides is 1. The van der Waals surface area contributed by atoms with Gasteiger partial charge >= 0.3 is 0 Å². The topological polar surface area (TPSA) is 84.5 Å². The molecular weight excluding hydrogens is 292 g/mol. The number of rotatable bonds is 8. The fraction of sp³-hybridized carbons (Fsp3) is 0.500. The summed E-state index contributed by atoms with van der Waals surface area (Å²) in [4.78, 5) is 11.5. The van der Waals surface area contributed by atoms with E-state index in [-0.39, 0.29) is 32.0 Å². The van der Waals surface area contributed by atoms with Crippen LogP contribution >= 0.6 is 0 Å². The summed E-state index contributed by atoms with van der Waals surface area (Å²) in [5, 5.41) is 2.62. The summed E-state index contributed by atoms with van der Waals surface area (Å²) >= 11 is 0. The van der Waals surface area contributed by atoms with Crippen molar-refractivity contribution < 1.29 is 17.9 Å². The number of ether oxygens (including phenoxy) is 1. The van der Waals surface area contributed by atoms with Crippen molar-refractivity contribution >= 4 is 15.9 Å². The van der Waals surface area contributed by atoms with Crippen LogP contribution in [-0.2, 0) is 14.8 Å². The number of hydrogen-bond acceptors (Lipinski definition) is 4. The van der Waals surface area contributed by atoms with E-state index in [0.717, 1.165) is 23.1 Å². The highest BCUT2D eigenvalue weighted by atomic mass is 32.2. The molecule has 0 radical (unpaired) electrons. The molecule has 6 nitrogen and oxygen atoms in total. The summed E-state index contributed by atoms with van der Waals surface area (Å²) in [5.74, 6) is 0.599. The Kier molecular flexibility index (Phi) is 6.64. The fourth-order valence-electron chi connectivity index (χ4n) is 1.74. The predicted molar refractivity (Wildman–Crippen MR) is 81.9 cm³/mol. The summed E-state index contributed by atoms with van der Waals surface area (Å²) in [6.45, 7) is 4.70. The molecule has 1 aromatic carbocycles. The van der Waals surface area contributed by atoms with Gasteiger partial charge in [0, 0.05) is 13.1 Å². The van der Waals surface area contributed by atoms with Crippen molar-refractivity contribution in [1.82, 2.24) is 10.0 Å². The molecule has 1 rings (SSSR count). The second-order valence-electron chi connectivity index (χ2n) is 4.88. The molecule has 0 aliphatic rings. The minimum Gasteiger partial charge on any atom is -0.493 e. The van der Waals surface area contributed by atoms with E-state index in [2.05, 4.69) is 10.0 Å². The van der Waals surface area contributed by atoms with Crippen LogP contribution in [0.2, 0.25) is 0 Å². The number of benzene rings is 1. The third-order valence-electron chi connectivity index (χ3n) is 2.73. The van der Waals surface area contributed by atoms with Gasteiger partial charge in [-0.25, -0.2) is 13.1 Å². The first-order valence-corrected chi connectivity index (χ1v) is 8.58. The average Bonchev–Trinajstić information content (AvgIpc) is 2.36. The van der Waals surface area contributed by atoms with Crippen LogP contribution in [0.15, 0.2) is 18.2 Å². The van der Waals surface area contributed by atoms with Gasteiger partial charge in [-0.05, 0) is 25.5 Å². The molecule has 0 bridgehead atoms. The van der Waals surface area contributed by atoms with Gasteiger partial charge < -0.3 is 10.1 Å². The van der Waals surface area contributed by atoms with Crippen LogP contribution in [0.5, 0.6) is 5.75 Å². The highest BCUT2D eigenvalue weighted by Gasteiger charge is 2.04. The third-order valence-corrected chi connectivity index (χ3v) is 3.46. The highest BCUT2D eigenvalue weighted by Crippen LogP contribution is 2.18. The highest BCUT2D eigenvalue weighted by molar-refractivity contribution is 7.88. The summed E-state index contributed by atoms with van der Waals surface area (Å²) < 4.78 is 29.5. The van der Waals surface area contributed by atoms with Crippen LogP contribution in [0, 0.1) is 13.8 Å². The lowest BCUT2D eigenvalue weighted by atomic mass is 10.1. The maximum Gasteiger partial charge on any atom is 0.223 e. The SMILES string of the molecule is Cc1ccc(OCCC(=O)NCCNS(C)(=O)=O)c(C)c1. The molecule has 0 aliphatic carbocycles. The second kappa shape index (κ2) is 7.99. The summed E-state index contributed by atoms with van der Waals surface area (Å²) in [6, 6.07) is 5.87. The first-order valence-electron chi connectivity index (χ1n) is 6.69. The zero-order valence-corrected chi connectivity index (χ0v) is 13.4. The molecule has 1 aromatic rings. The maximum atomic E-state index is 11.5. The van der Waals surface area contributed by atoms with Gasteiger partial charge in [-0.3, -0.25) is 4.79 Å². The van der Waals surface area contributed by atoms with Crippen molar-refractivity contribution in [3.63, 3.8) is 0 Å². The standard InChI is InChI=1S/C14H22N2O4S/c1-11-4-5-13(12(2)10-11)20-9-6-14(17)15-7-8-16-21(3,18)19/h4-5,10,16H,6-9H2,1-3H3,(H,15,17). The lowest BCUT2D eigenvalue weighted by Gasteiger charge is -2.10. The van der Waals surface area contributed by atoms with E-state index in [1.165, 1.54) is 0 Å². The van der Waals surface area contributed by atoms with Gasteiger partial charge in [0.1, 0.15) is 5.75 Å². The van der Waals surface area contributed by atoms with Gasteiger partial charge in [0.25, 0.3) is 0 Å². The molecule has 7 heteroatoms. The lowest BCUT2D eigenvalue weighted by Crippen LogP contribution is -2.34. The van der Waals surface area contributed by atoms with Crippen molar-refractivity contribution in [1.29, 1.82) is 0 Å². The van der Waals surface area contributed by atoms with Gasteiger partial charge in [0.05, 0.1) is 19.3 Å². The number of amides is 1. The van der Waals surface area contributed by atoms with E-state index >= 15 is 0 Å². The lowest BCUT2D eigenvalue weighted by molar-refractivity contribution is -0.121. The van der Waals surface area contributed by atoms with E-state index in [9.17, 15) is 13.2 Å². The Bertz CT molecular complexity index is 585. The van der Waals surface area contributed by atoms with Gasteiger partial charge in [-0.1, -0.05) is 17.7 Å². The predicted octanol–water partition coefficient (Wildman–Crippen LogP) is 0.738. The van der Waals surface area contributed by atoms with Gasteiger partial charge in [-0.15, -0.1) is 0 Å². The van der Waals surface area contributed by atoms with Crippen molar-refractivity contribution in [2.75, 3.05) is 26.0 Å². The number of aryl methyl sites for hydroxylation is 2. The quantitative estimate of drug-likeness (QED) is 0.693. The van der Waals surface area contributed by atoms with Crippen LogP contribution in [-0.4, -0.2) is 40.3 Å². The Labute approximate surface area is 125 Å². The second-order valence-corrected chi connectivity index (χ2v) is 6.72. The largest absolute Gasteiger partial charge is 0.493 e. The number of carbonyl (C=O) groups is 1. The smallest absolute Gasteiger partial charge is 0.223 e. The molecule has 0 fully saturated rings. The Balaban J connectivity index is 2.21. The van der Waals surface area contributed by atoms with Gasteiger partial charge in [0.2, 0.25) is 15.9 Å². The van der Waals surface area contributed by atoms with Crippen LogP contribution in [0.4, 0.5) is 0 Å². The van der Waals surface area contributed by atoms with E-state index in [1.54, 1.807) is 0 Å². The molecule has 0 saturated carbocycles. The molecule has 0 aromatic heterocycles. The number of carbonyl (C=O) groups excluding carboxylic acids is 1. The molecule has 0 unspecified atom stereocenters. The van der Waals surface area contributed by atoms with Crippen molar-refractivity contribution in [3.05, 3.63) is 29.3 Å². The van der Waals surface area contributed by atoms with Gasteiger partial charge in [-0.2, -0.15) is 0 Å². The third kappa shape index (κ3) is 7.67. The minimum atomic E-state index is -3.21. The molecule has 0 aliphatic heterocycles. The van der Waals surface area contributed by atoms with Crippen molar-refractivity contribution in [3.8, 4) is 5.75 Å². The molecule has 118 valence electrons. The Morgan fingerprint density at radius 2 is 1.95 bits per heavy atom. The zero-order chi connectivity index (χ0) is 15.9. The monoisotopic (exact) mass is 314 g/mol. The van der Waals surface area contributed by atoms with Crippen LogP contribution in [0.1, 0.15) is 17.5 Å². The first kappa shape index (κ1) is 17.5. The zero-order valence-electron chi connectivity index (χ0n) is 12.6. The normalized spacial score (nSPS) is 11.2. The molecule has 0 spiro atoms. The van der Waals surface area contributed by atoms with Crippen molar-refractivity contribution in [2.45, 2.75) is 20.3 Å². The van der Waals surface area contributed by atoms with Crippen molar-refractivity contribution in [2.24, 2.45) is 0 Å². The molecule has 0 atom stereocenters. The maximum absolute atomic E-state index is 11.5. The van der Waals surface area contributed by atoms with E-state index in [1.807, 2.05) is 32.0 Å². The van der Waals surface area contributed by atoms with Crippen LogP contribution < -0.4 is 14.8 Å². The molecule has 21 heavy (non-hydrogen) atoms. The minimum absolute atomic E-state index is 0.171. The number of hydrogen-bond donors (Lipinski definition) is 2. The molecule has 1 amide bonds. The first-order chi connectivity index (χ1) is 9.78. The average molecular weight is 314 g/mol. The Hall–Kier alpha value is -1.60. The van der Waals surface area contributed by atoms with Crippen LogP contribution in [0.25, 0.3) is 0 Å². The Morgan fingerprint density at radius 1 is 1.24 bits per heavy atom. The summed E-state index contributed by atoms with van der Waals surface area (Å²) in [5.41, 5.74) is 2.20. The molecule has 2 N–H and O–H groups in total.